The predicted molar refractivity (Wildman–Crippen MR) is 293 cm³/mol. The maximum atomic E-state index is 12.8. The van der Waals surface area contributed by atoms with Crippen molar-refractivity contribution in [1.82, 2.24) is 0 Å². The zero-order chi connectivity index (χ0) is 49.3. The number of carbonyl (C=O) groups excluding carboxylic acids is 3. The fourth-order valence-electron chi connectivity index (χ4n) is 8.67. The summed E-state index contributed by atoms with van der Waals surface area (Å²) in [5.41, 5.74) is 0. The van der Waals surface area contributed by atoms with Crippen LogP contribution in [-0.2, 0) is 28.6 Å². The Morgan fingerprint density at radius 1 is 0.309 bits per heavy atom. The summed E-state index contributed by atoms with van der Waals surface area (Å²) in [5, 5.41) is 0. The standard InChI is InChI=1S/C62H112O6/c1-4-7-10-13-16-19-22-25-27-29-30-31-32-34-35-37-40-43-46-49-52-55-61(64)67-58-59(57-66-60(63)54-51-48-45-42-39-24-21-18-15-12-9-6-3)68-62(65)56-53-50-47-44-41-38-36-33-28-26-23-20-17-14-11-8-5-2/h8,11,17,20,26,28,36,38,59H,4-7,9-10,12-16,18-19,21-25,27,29-35,37,39-58H2,1-3H3/b11-8-,20-17-,28-26-,38-36-. The van der Waals surface area contributed by atoms with Crippen molar-refractivity contribution in [2.24, 2.45) is 0 Å². The van der Waals surface area contributed by atoms with Gasteiger partial charge in [0.2, 0.25) is 0 Å². The Labute approximate surface area is 422 Å². The Kier molecular flexibility index (Phi) is 54.8. The van der Waals surface area contributed by atoms with Gasteiger partial charge in [-0.3, -0.25) is 14.4 Å². The van der Waals surface area contributed by atoms with Crippen LogP contribution in [0.4, 0.5) is 0 Å². The summed E-state index contributed by atoms with van der Waals surface area (Å²) in [6, 6.07) is 0. The summed E-state index contributed by atoms with van der Waals surface area (Å²) in [6.07, 6.45) is 69.7. The largest absolute Gasteiger partial charge is 0.462 e. The van der Waals surface area contributed by atoms with Crippen LogP contribution in [-0.4, -0.2) is 37.2 Å². The third-order valence-electron chi connectivity index (χ3n) is 13.1. The average molecular weight is 954 g/mol. The van der Waals surface area contributed by atoms with Gasteiger partial charge in [-0.1, -0.05) is 281 Å². The minimum atomic E-state index is -0.782. The van der Waals surface area contributed by atoms with E-state index in [9.17, 15) is 14.4 Å². The van der Waals surface area contributed by atoms with Gasteiger partial charge in [-0.05, 0) is 57.8 Å². The Hall–Kier alpha value is -2.63. The van der Waals surface area contributed by atoms with Crippen LogP contribution in [0.2, 0.25) is 0 Å². The molecule has 0 amide bonds. The normalized spacial score (nSPS) is 12.3. The van der Waals surface area contributed by atoms with Gasteiger partial charge >= 0.3 is 17.9 Å². The summed E-state index contributed by atoms with van der Waals surface area (Å²) >= 11 is 0. The molecular weight excluding hydrogens is 841 g/mol. The lowest BCUT2D eigenvalue weighted by atomic mass is 10.0. The molecule has 0 saturated carbocycles. The fraction of sp³-hybridized carbons (Fsp3) is 0.823. The van der Waals surface area contributed by atoms with E-state index in [1.165, 1.54) is 173 Å². The Morgan fingerprint density at radius 2 is 0.574 bits per heavy atom. The minimum absolute atomic E-state index is 0.0788. The van der Waals surface area contributed by atoms with Gasteiger partial charge in [0, 0.05) is 19.3 Å². The van der Waals surface area contributed by atoms with Crippen LogP contribution in [0, 0.1) is 0 Å². The highest BCUT2D eigenvalue weighted by molar-refractivity contribution is 5.71. The van der Waals surface area contributed by atoms with E-state index in [4.69, 9.17) is 14.2 Å². The van der Waals surface area contributed by atoms with Crippen molar-refractivity contribution in [3.05, 3.63) is 48.6 Å². The molecule has 1 unspecified atom stereocenters. The van der Waals surface area contributed by atoms with Crippen molar-refractivity contribution >= 4 is 17.9 Å². The van der Waals surface area contributed by atoms with Gasteiger partial charge in [0.05, 0.1) is 0 Å². The second kappa shape index (κ2) is 57.0. The molecule has 0 aliphatic heterocycles. The van der Waals surface area contributed by atoms with E-state index in [0.29, 0.717) is 19.3 Å². The van der Waals surface area contributed by atoms with Crippen molar-refractivity contribution in [1.29, 1.82) is 0 Å². The molecule has 68 heavy (non-hydrogen) atoms. The van der Waals surface area contributed by atoms with E-state index >= 15 is 0 Å². The van der Waals surface area contributed by atoms with Crippen molar-refractivity contribution in [2.75, 3.05) is 13.2 Å². The van der Waals surface area contributed by atoms with Crippen LogP contribution in [0.5, 0.6) is 0 Å². The van der Waals surface area contributed by atoms with E-state index in [-0.39, 0.29) is 31.1 Å². The van der Waals surface area contributed by atoms with E-state index in [2.05, 4.69) is 69.4 Å². The van der Waals surface area contributed by atoms with E-state index < -0.39 is 6.10 Å². The second-order valence-corrected chi connectivity index (χ2v) is 19.9. The third-order valence-corrected chi connectivity index (χ3v) is 13.1. The molecule has 6 nitrogen and oxygen atoms in total. The number of allylic oxidation sites excluding steroid dienone is 8. The maximum absolute atomic E-state index is 12.8. The number of unbranched alkanes of at least 4 members (excludes halogenated alkanes) is 35. The fourth-order valence-corrected chi connectivity index (χ4v) is 8.67. The molecule has 0 aliphatic rings. The van der Waals surface area contributed by atoms with Crippen LogP contribution in [0.15, 0.2) is 48.6 Å². The zero-order valence-corrected chi connectivity index (χ0v) is 45.4. The van der Waals surface area contributed by atoms with Crippen LogP contribution < -0.4 is 0 Å². The predicted octanol–water partition coefficient (Wildman–Crippen LogP) is 19.8. The first-order chi connectivity index (χ1) is 33.5. The molecule has 0 aliphatic carbocycles. The molecule has 0 fully saturated rings. The van der Waals surface area contributed by atoms with Crippen molar-refractivity contribution < 1.29 is 28.6 Å². The minimum Gasteiger partial charge on any atom is -0.462 e. The molecule has 0 rings (SSSR count). The third kappa shape index (κ3) is 54.3. The summed E-state index contributed by atoms with van der Waals surface area (Å²) < 4.78 is 16.9. The Morgan fingerprint density at radius 3 is 0.897 bits per heavy atom. The zero-order valence-electron chi connectivity index (χ0n) is 45.4. The summed E-state index contributed by atoms with van der Waals surface area (Å²) in [4.78, 5) is 38.1. The molecule has 0 aromatic carbocycles. The lowest BCUT2D eigenvalue weighted by Crippen LogP contribution is -2.30. The number of rotatable bonds is 54. The second-order valence-electron chi connectivity index (χ2n) is 19.9. The highest BCUT2D eigenvalue weighted by atomic mass is 16.6. The van der Waals surface area contributed by atoms with E-state index in [0.717, 1.165) is 96.3 Å². The summed E-state index contributed by atoms with van der Waals surface area (Å²) in [6.45, 7) is 6.55. The molecular formula is C62H112O6. The van der Waals surface area contributed by atoms with Gasteiger partial charge in [-0.15, -0.1) is 0 Å². The first-order valence-corrected chi connectivity index (χ1v) is 29.6. The average Bonchev–Trinajstić information content (AvgIpc) is 3.34. The first kappa shape index (κ1) is 65.4. The van der Waals surface area contributed by atoms with E-state index in [1.54, 1.807) is 0 Å². The number of hydrogen-bond donors (Lipinski definition) is 0. The number of esters is 3. The van der Waals surface area contributed by atoms with Gasteiger partial charge in [0.1, 0.15) is 13.2 Å². The Bertz CT molecular complexity index is 1190. The molecule has 1 atom stereocenters. The summed E-state index contributed by atoms with van der Waals surface area (Å²) in [7, 11) is 0. The van der Waals surface area contributed by atoms with Gasteiger partial charge in [0.15, 0.2) is 6.10 Å². The number of hydrogen-bond acceptors (Lipinski definition) is 6. The smallest absolute Gasteiger partial charge is 0.306 e. The molecule has 0 N–H and O–H groups in total. The topological polar surface area (TPSA) is 78.9 Å². The molecule has 0 bridgehead atoms. The van der Waals surface area contributed by atoms with Crippen molar-refractivity contribution in [2.45, 2.75) is 316 Å². The van der Waals surface area contributed by atoms with Gasteiger partial charge in [-0.2, -0.15) is 0 Å². The maximum Gasteiger partial charge on any atom is 0.306 e. The van der Waals surface area contributed by atoms with Crippen molar-refractivity contribution in [3.63, 3.8) is 0 Å². The molecule has 0 radical (unpaired) electrons. The highest BCUT2D eigenvalue weighted by Crippen LogP contribution is 2.17. The van der Waals surface area contributed by atoms with Crippen molar-refractivity contribution in [3.8, 4) is 0 Å². The SMILES string of the molecule is CC/C=C\C/C=C\C/C=C\C/C=C\CCCCCCC(=O)OC(COC(=O)CCCCCCCCCCCCCC)COC(=O)CCCCCCCCCCCCCCCCCCCCCCC. The van der Waals surface area contributed by atoms with Gasteiger partial charge in [-0.25, -0.2) is 0 Å². The number of carbonyl (C=O) groups is 3. The van der Waals surface area contributed by atoms with Gasteiger partial charge in [0.25, 0.3) is 0 Å². The highest BCUT2D eigenvalue weighted by Gasteiger charge is 2.19. The van der Waals surface area contributed by atoms with Crippen LogP contribution in [0.1, 0.15) is 310 Å². The molecule has 0 spiro atoms. The molecule has 0 aromatic rings. The molecule has 396 valence electrons. The monoisotopic (exact) mass is 953 g/mol. The molecule has 0 aromatic heterocycles. The summed E-state index contributed by atoms with van der Waals surface area (Å²) in [5.74, 6) is -0.886. The van der Waals surface area contributed by atoms with Crippen LogP contribution in [0.3, 0.4) is 0 Å². The molecule has 0 saturated heterocycles. The lowest BCUT2D eigenvalue weighted by Gasteiger charge is -2.18. The lowest BCUT2D eigenvalue weighted by molar-refractivity contribution is -0.167. The van der Waals surface area contributed by atoms with Crippen LogP contribution >= 0.6 is 0 Å². The Balaban J connectivity index is 4.31. The van der Waals surface area contributed by atoms with E-state index in [1.807, 2.05) is 0 Å². The quantitative estimate of drug-likeness (QED) is 0.0262. The van der Waals surface area contributed by atoms with Crippen LogP contribution in [0.25, 0.3) is 0 Å². The number of ether oxygens (including phenoxy) is 3. The molecule has 6 heteroatoms. The van der Waals surface area contributed by atoms with Gasteiger partial charge < -0.3 is 14.2 Å². The first-order valence-electron chi connectivity index (χ1n) is 29.6. The molecule has 0 heterocycles.